The summed E-state index contributed by atoms with van der Waals surface area (Å²) in [5, 5.41) is 7.59. The van der Waals surface area contributed by atoms with E-state index in [9.17, 15) is 9.18 Å². The summed E-state index contributed by atoms with van der Waals surface area (Å²) in [5.41, 5.74) is 1.73. The monoisotopic (exact) mass is 518 g/mol. The third-order valence-electron chi connectivity index (χ3n) is 5.54. The summed E-state index contributed by atoms with van der Waals surface area (Å²) in [6.45, 7) is -0.324. The van der Waals surface area contributed by atoms with Crippen LogP contribution in [0.25, 0.3) is 5.65 Å². The number of aromatic nitrogens is 3. The second-order valence-electron chi connectivity index (χ2n) is 7.99. The SMILES string of the molecule is O=C(NC[C@@H](F)c1ccc(Cl)cc1Cl)c1c(Oc2cccc(C3CC3)c2)cnc2c(Cl)cnn12. The number of rotatable bonds is 7. The maximum atomic E-state index is 14.9. The molecule has 1 N–H and O–H groups in total. The van der Waals surface area contributed by atoms with Gasteiger partial charge in [-0.1, -0.05) is 53.0 Å². The highest BCUT2D eigenvalue weighted by atomic mass is 35.5. The van der Waals surface area contributed by atoms with Crippen molar-refractivity contribution in [2.45, 2.75) is 24.9 Å². The minimum absolute atomic E-state index is 0.0446. The first-order valence-electron chi connectivity index (χ1n) is 10.6. The van der Waals surface area contributed by atoms with Crippen molar-refractivity contribution in [2.75, 3.05) is 6.54 Å². The van der Waals surface area contributed by atoms with Gasteiger partial charge in [0, 0.05) is 15.6 Å². The van der Waals surface area contributed by atoms with Gasteiger partial charge in [-0.3, -0.25) is 4.79 Å². The summed E-state index contributed by atoms with van der Waals surface area (Å²) >= 11 is 18.1. The Hall–Kier alpha value is -2.87. The van der Waals surface area contributed by atoms with Gasteiger partial charge in [-0.15, -0.1) is 0 Å². The molecule has 5 rings (SSSR count). The molecular weight excluding hydrogens is 502 g/mol. The van der Waals surface area contributed by atoms with E-state index in [1.807, 2.05) is 12.1 Å². The van der Waals surface area contributed by atoms with Gasteiger partial charge in [0.2, 0.25) is 0 Å². The van der Waals surface area contributed by atoms with Gasteiger partial charge in [-0.25, -0.2) is 13.9 Å². The summed E-state index contributed by atoms with van der Waals surface area (Å²) in [5.74, 6) is 0.665. The standard InChI is InChI=1S/C24H18Cl3FN4O2/c25-15-6-7-17(18(26)9-15)20(28)11-30-24(33)22-21(12-29-23-19(27)10-31-32(22)23)34-16-3-1-2-14(8-16)13-4-5-13/h1-3,6-10,12-13,20H,4-5,11H2,(H,30,33)/t20-/m1/s1. The Bertz CT molecular complexity index is 1390. The number of carbonyl (C=O) groups excluding carboxylic acids is 1. The van der Waals surface area contributed by atoms with Gasteiger partial charge >= 0.3 is 0 Å². The number of benzene rings is 2. The topological polar surface area (TPSA) is 68.5 Å². The summed E-state index contributed by atoms with van der Waals surface area (Å²) in [7, 11) is 0. The van der Waals surface area contributed by atoms with Gasteiger partial charge in [0.15, 0.2) is 17.1 Å². The minimum Gasteiger partial charge on any atom is -0.453 e. The third-order valence-corrected chi connectivity index (χ3v) is 6.37. The highest BCUT2D eigenvalue weighted by molar-refractivity contribution is 6.35. The molecule has 4 aromatic rings. The van der Waals surface area contributed by atoms with Gasteiger partial charge in [-0.05, 0) is 48.6 Å². The molecule has 2 aromatic carbocycles. The molecule has 0 aliphatic heterocycles. The molecule has 1 atom stereocenters. The number of carbonyl (C=O) groups is 1. The first-order valence-corrected chi connectivity index (χ1v) is 11.7. The first kappa shape index (κ1) is 22.9. The van der Waals surface area contributed by atoms with Crippen LogP contribution in [0.3, 0.4) is 0 Å². The summed E-state index contributed by atoms with van der Waals surface area (Å²) < 4.78 is 22.2. The van der Waals surface area contributed by atoms with E-state index in [-0.39, 0.29) is 39.2 Å². The highest BCUT2D eigenvalue weighted by Gasteiger charge is 2.25. The van der Waals surface area contributed by atoms with Crippen LogP contribution in [0, 0.1) is 0 Å². The Morgan fingerprint density at radius 3 is 2.74 bits per heavy atom. The highest BCUT2D eigenvalue weighted by Crippen LogP contribution is 2.41. The van der Waals surface area contributed by atoms with Crippen molar-refractivity contribution >= 4 is 46.4 Å². The van der Waals surface area contributed by atoms with Crippen molar-refractivity contribution in [1.29, 1.82) is 0 Å². The Labute approximate surface area is 209 Å². The van der Waals surface area contributed by atoms with E-state index in [1.165, 1.54) is 40.7 Å². The molecule has 1 amide bonds. The lowest BCUT2D eigenvalue weighted by Gasteiger charge is -2.15. The van der Waals surface area contributed by atoms with Crippen LogP contribution in [0.1, 0.15) is 46.5 Å². The molecule has 174 valence electrons. The molecule has 1 fully saturated rings. The molecule has 1 aliphatic carbocycles. The summed E-state index contributed by atoms with van der Waals surface area (Å²) in [6.07, 6.45) is 3.54. The Morgan fingerprint density at radius 2 is 1.97 bits per heavy atom. The Morgan fingerprint density at radius 1 is 1.15 bits per heavy atom. The molecule has 1 aliphatic rings. The molecule has 1 saturated carbocycles. The van der Waals surface area contributed by atoms with Crippen molar-refractivity contribution < 1.29 is 13.9 Å². The van der Waals surface area contributed by atoms with E-state index in [0.29, 0.717) is 16.7 Å². The number of amides is 1. The molecule has 10 heteroatoms. The van der Waals surface area contributed by atoms with Gasteiger partial charge in [0.1, 0.15) is 16.9 Å². The van der Waals surface area contributed by atoms with Crippen molar-refractivity contribution in [3.05, 3.63) is 86.7 Å². The molecule has 6 nitrogen and oxygen atoms in total. The lowest BCUT2D eigenvalue weighted by molar-refractivity contribution is 0.0931. The number of hydrogen-bond donors (Lipinski definition) is 1. The fraction of sp³-hybridized carbons (Fsp3) is 0.208. The molecule has 2 aromatic heterocycles. The van der Waals surface area contributed by atoms with E-state index < -0.39 is 12.1 Å². The number of nitrogens with zero attached hydrogens (tertiary/aromatic N) is 3. The number of alkyl halides is 1. The van der Waals surface area contributed by atoms with Crippen LogP contribution in [0.5, 0.6) is 11.5 Å². The lowest BCUT2D eigenvalue weighted by atomic mass is 10.1. The number of nitrogens with one attached hydrogen (secondary N) is 1. The lowest BCUT2D eigenvalue weighted by Crippen LogP contribution is -2.29. The smallest absolute Gasteiger partial charge is 0.274 e. The summed E-state index contributed by atoms with van der Waals surface area (Å²) in [6, 6.07) is 12.2. The van der Waals surface area contributed by atoms with Crippen molar-refractivity contribution in [3.63, 3.8) is 0 Å². The second kappa shape index (κ2) is 9.41. The average Bonchev–Trinajstić information content (AvgIpc) is 3.60. The third kappa shape index (κ3) is 4.69. The largest absolute Gasteiger partial charge is 0.453 e. The van der Waals surface area contributed by atoms with Gasteiger partial charge in [0.05, 0.1) is 18.9 Å². The van der Waals surface area contributed by atoms with E-state index >= 15 is 0 Å². The molecule has 0 radical (unpaired) electrons. The molecule has 0 unspecified atom stereocenters. The Balaban J connectivity index is 1.42. The zero-order valence-electron chi connectivity index (χ0n) is 17.6. The van der Waals surface area contributed by atoms with Crippen molar-refractivity contribution in [1.82, 2.24) is 19.9 Å². The molecule has 0 spiro atoms. The summed E-state index contributed by atoms with van der Waals surface area (Å²) in [4.78, 5) is 17.5. The Kier molecular flexibility index (Phi) is 6.34. The minimum atomic E-state index is -1.55. The van der Waals surface area contributed by atoms with Crippen LogP contribution in [0.2, 0.25) is 15.1 Å². The molecule has 0 saturated heterocycles. The molecule has 2 heterocycles. The van der Waals surface area contributed by atoms with Gasteiger partial charge < -0.3 is 10.1 Å². The number of fused-ring (bicyclic) bond motifs is 1. The van der Waals surface area contributed by atoms with Crippen LogP contribution in [0.4, 0.5) is 4.39 Å². The fourth-order valence-electron chi connectivity index (χ4n) is 3.68. The number of halogens is 4. The predicted octanol–water partition coefficient (Wildman–Crippen LogP) is 6.80. The van der Waals surface area contributed by atoms with E-state index in [2.05, 4.69) is 21.5 Å². The molecular formula is C24H18Cl3FN4O2. The average molecular weight is 520 g/mol. The molecule has 0 bridgehead atoms. The fourth-order valence-corrected chi connectivity index (χ4v) is 4.38. The number of hydrogen-bond acceptors (Lipinski definition) is 4. The van der Waals surface area contributed by atoms with Gasteiger partial charge in [-0.2, -0.15) is 5.10 Å². The zero-order chi connectivity index (χ0) is 23.8. The van der Waals surface area contributed by atoms with E-state index in [4.69, 9.17) is 39.5 Å². The van der Waals surface area contributed by atoms with Crippen LogP contribution in [-0.4, -0.2) is 27.0 Å². The zero-order valence-corrected chi connectivity index (χ0v) is 19.9. The van der Waals surface area contributed by atoms with Crippen LogP contribution >= 0.6 is 34.8 Å². The normalized spacial score (nSPS) is 14.2. The van der Waals surface area contributed by atoms with Crippen molar-refractivity contribution in [2.24, 2.45) is 0 Å². The maximum absolute atomic E-state index is 14.9. The van der Waals surface area contributed by atoms with Crippen LogP contribution < -0.4 is 10.1 Å². The second-order valence-corrected chi connectivity index (χ2v) is 9.24. The maximum Gasteiger partial charge on any atom is 0.274 e. The number of ether oxygens (including phenoxy) is 1. The van der Waals surface area contributed by atoms with Gasteiger partial charge in [0.25, 0.3) is 5.91 Å². The predicted molar refractivity (Wildman–Crippen MR) is 129 cm³/mol. The van der Waals surface area contributed by atoms with Crippen LogP contribution in [0.15, 0.2) is 54.9 Å². The van der Waals surface area contributed by atoms with E-state index in [1.54, 1.807) is 6.07 Å². The molecule has 34 heavy (non-hydrogen) atoms. The van der Waals surface area contributed by atoms with E-state index in [0.717, 1.165) is 12.8 Å². The van der Waals surface area contributed by atoms with Crippen LogP contribution in [-0.2, 0) is 0 Å². The first-order chi connectivity index (χ1) is 16.4. The quantitative estimate of drug-likeness (QED) is 0.291. The van der Waals surface area contributed by atoms with Crippen molar-refractivity contribution in [3.8, 4) is 11.5 Å².